The van der Waals surface area contributed by atoms with Gasteiger partial charge in [-0.2, -0.15) is 0 Å². The molecule has 1 aliphatic rings. The molecule has 2 rings (SSSR count). The van der Waals surface area contributed by atoms with Crippen molar-refractivity contribution in [2.75, 3.05) is 13.2 Å². The molecule has 1 saturated heterocycles. The number of carbonyl (C=O) groups is 2. The van der Waals surface area contributed by atoms with Crippen LogP contribution in [0.5, 0.6) is 0 Å². The van der Waals surface area contributed by atoms with Gasteiger partial charge in [0.2, 0.25) is 11.7 Å². The lowest BCUT2D eigenvalue weighted by atomic mass is 9.98. The van der Waals surface area contributed by atoms with Gasteiger partial charge in [0.15, 0.2) is 0 Å². The average Bonchev–Trinajstić information content (AvgIpc) is 2.96. The second-order valence-electron chi connectivity index (χ2n) is 5.89. The van der Waals surface area contributed by atoms with Gasteiger partial charge in [-0.05, 0) is 20.8 Å². The third-order valence-corrected chi connectivity index (χ3v) is 3.23. The summed E-state index contributed by atoms with van der Waals surface area (Å²) in [7, 11) is 0. The second-order valence-corrected chi connectivity index (χ2v) is 5.89. The Morgan fingerprint density at radius 2 is 2.20 bits per heavy atom. The van der Waals surface area contributed by atoms with Crippen LogP contribution in [0.4, 0.5) is 0 Å². The number of hydrogen-bond acceptors (Lipinski definition) is 5. The molecule has 3 N–H and O–H groups in total. The highest BCUT2D eigenvalue weighted by Crippen LogP contribution is 2.19. The van der Waals surface area contributed by atoms with Crippen LogP contribution in [-0.4, -0.2) is 45.3 Å². The largest absolute Gasteiger partial charge is 0.378 e. The molecule has 0 aliphatic carbocycles. The van der Waals surface area contributed by atoms with Gasteiger partial charge < -0.3 is 15.8 Å². The fraction of sp³-hybridized carbons (Fsp3) is 0.667. The van der Waals surface area contributed by atoms with Crippen molar-refractivity contribution >= 4 is 11.8 Å². The number of nitrogens with one attached hydrogen (secondary N) is 1. The summed E-state index contributed by atoms with van der Waals surface area (Å²) in [6, 6.07) is 0. The number of aromatic nitrogens is 3. The molecular formula is C12H19N5O3. The SMILES string of the molecule is CC(C)(C)n1cnc(C(=O)NC2(C(N)=O)CCOC2)n1. The fourth-order valence-electron chi connectivity index (χ4n) is 1.88. The van der Waals surface area contributed by atoms with Gasteiger partial charge in [0.25, 0.3) is 5.91 Å². The standard InChI is InChI=1S/C12H19N5O3/c1-11(2,3)17-7-14-8(16-17)9(18)15-12(10(13)19)4-5-20-6-12/h7H,4-6H2,1-3H3,(H2,13,19)(H,15,18). The topological polar surface area (TPSA) is 112 Å². The predicted octanol–water partition coefficient (Wildman–Crippen LogP) is -0.593. The molecule has 20 heavy (non-hydrogen) atoms. The van der Waals surface area contributed by atoms with Gasteiger partial charge in [0.05, 0.1) is 12.1 Å². The van der Waals surface area contributed by atoms with Crippen LogP contribution in [0, 0.1) is 0 Å². The number of hydrogen-bond donors (Lipinski definition) is 2. The van der Waals surface area contributed by atoms with E-state index in [2.05, 4.69) is 15.4 Å². The van der Waals surface area contributed by atoms with Crippen LogP contribution in [0.25, 0.3) is 0 Å². The maximum absolute atomic E-state index is 12.1. The molecule has 1 aliphatic heterocycles. The maximum atomic E-state index is 12.1. The van der Waals surface area contributed by atoms with Crippen molar-refractivity contribution in [1.82, 2.24) is 20.1 Å². The molecule has 2 amide bonds. The smallest absolute Gasteiger partial charge is 0.291 e. The van der Waals surface area contributed by atoms with E-state index in [1.807, 2.05) is 20.8 Å². The number of ether oxygens (including phenoxy) is 1. The molecule has 1 unspecified atom stereocenters. The van der Waals surface area contributed by atoms with E-state index in [0.717, 1.165) is 0 Å². The Bertz CT molecular complexity index is 525. The highest BCUT2D eigenvalue weighted by Gasteiger charge is 2.43. The summed E-state index contributed by atoms with van der Waals surface area (Å²) < 4.78 is 6.74. The molecule has 8 nitrogen and oxygen atoms in total. The first-order valence-corrected chi connectivity index (χ1v) is 6.37. The summed E-state index contributed by atoms with van der Waals surface area (Å²) in [5.74, 6) is -1.14. The van der Waals surface area contributed by atoms with Crippen LogP contribution in [0.3, 0.4) is 0 Å². The zero-order valence-electron chi connectivity index (χ0n) is 11.8. The van der Waals surface area contributed by atoms with E-state index < -0.39 is 17.4 Å². The Balaban J connectivity index is 2.16. The molecule has 1 fully saturated rings. The molecule has 1 aromatic heterocycles. The Labute approximate surface area is 116 Å². The van der Waals surface area contributed by atoms with Crippen LogP contribution >= 0.6 is 0 Å². The van der Waals surface area contributed by atoms with Crippen LogP contribution < -0.4 is 11.1 Å². The Hall–Kier alpha value is -1.96. The van der Waals surface area contributed by atoms with Crippen LogP contribution in [0.2, 0.25) is 0 Å². The molecule has 0 spiro atoms. The summed E-state index contributed by atoms with van der Waals surface area (Å²) in [6.45, 7) is 6.29. The van der Waals surface area contributed by atoms with E-state index in [-0.39, 0.29) is 18.0 Å². The fourth-order valence-corrected chi connectivity index (χ4v) is 1.88. The summed E-state index contributed by atoms with van der Waals surface area (Å²) in [6.07, 6.45) is 1.84. The minimum atomic E-state index is -1.16. The van der Waals surface area contributed by atoms with Gasteiger partial charge >= 0.3 is 0 Å². The predicted molar refractivity (Wildman–Crippen MR) is 69.8 cm³/mol. The van der Waals surface area contributed by atoms with Crippen molar-refractivity contribution < 1.29 is 14.3 Å². The molecule has 110 valence electrons. The molecule has 1 atom stereocenters. The second kappa shape index (κ2) is 4.86. The van der Waals surface area contributed by atoms with Crippen molar-refractivity contribution in [2.24, 2.45) is 5.73 Å². The van der Waals surface area contributed by atoms with E-state index in [0.29, 0.717) is 13.0 Å². The zero-order chi connectivity index (χ0) is 15.0. The first-order valence-electron chi connectivity index (χ1n) is 6.37. The third kappa shape index (κ3) is 2.64. The molecule has 1 aromatic rings. The number of rotatable bonds is 3. The van der Waals surface area contributed by atoms with Gasteiger partial charge in [-0.25, -0.2) is 9.67 Å². The molecule has 0 bridgehead atoms. The van der Waals surface area contributed by atoms with E-state index in [4.69, 9.17) is 10.5 Å². The highest BCUT2D eigenvalue weighted by molar-refractivity contribution is 5.96. The third-order valence-electron chi connectivity index (χ3n) is 3.23. The first kappa shape index (κ1) is 14.4. The summed E-state index contributed by atoms with van der Waals surface area (Å²) in [5.41, 5.74) is 3.92. The quantitative estimate of drug-likeness (QED) is 0.769. The minimum Gasteiger partial charge on any atom is -0.378 e. The van der Waals surface area contributed by atoms with Crippen LogP contribution in [-0.2, 0) is 15.1 Å². The van der Waals surface area contributed by atoms with E-state index in [9.17, 15) is 9.59 Å². The average molecular weight is 281 g/mol. The van der Waals surface area contributed by atoms with Gasteiger partial charge in [-0.1, -0.05) is 0 Å². The molecule has 0 saturated carbocycles. The Morgan fingerprint density at radius 3 is 2.65 bits per heavy atom. The Morgan fingerprint density at radius 1 is 1.50 bits per heavy atom. The lowest BCUT2D eigenvalue weighted by molar-refractivity contribution is -0.124. The minimum absolute atomic E-state index is 0.00690. The molecule has 0 radical (unpaired) electrons. The van der Waals surface area contributed by atoms with E-state index in [1.165, 1.54) is 6.33 Å². The van der Waals surface area contributed by atoms with Crippen LogP contribution in [0.1, 0.15) is 37.8 Å². The van der Waals surface area contributed by atoms with Gasteiger partial charge in [0, 0.05) is 13.0 Å². The zero-order valence-corrected chi connectivity index (χ0v) is 11.8. The van der Waals surface area contributed by atoms with Crippen molar-refractivity contribution in [3.05, 3.63) is 12.2 Å². The van der Waals surface area contributed by atoms with Crippen LogP contribution in [0.15, 0.2) is 6.33 Å². The van der Waals surface area contributed by atoms with Crippen molar-refractivity contribution in [3.8, 4) is 0 Å². The lowest BCUT2D eigenvalue weighted by Crippen LogP contribution is -2.58. The highest BCUT2D eigenvalue weighted by atomic mass is 16.5. The molecule has 0 aromatic carbocycles. The van der Waals surface area contributed by atoms with Gasteiger partial charge in [-0.15, -0.1) is 5.10 Å². The van der Waals surface area contributed by atoms with Gasteiger partial charge in [-0.3, -0.25) is 9.59 Å². The lowest BCUT2D eigenvalue weighted by Gasteiger charge is -2.24. The molecule has 8 heteroatoms. The number of nitrogens with two attached hydrogens (primary N) is 1. The summed E-state index contributed by atoms with van der Waals surface area (Å²) in [4.78, 5) is 27.6. The van der Waals surface area contributed by atoms with Gasteiger partial charge in [0.1, 0.15) is 11.9 Å². The molecular weight excluding hydrogens is 262 g/mol. The first-order chi connectivity index (χ1) is 9.24. The summed E-state index contributed by atoms with van der Waals surface area (Å²) >= 11 is 0. The van der Waals surface area contributed by atoms with Crippen molar-refractivity contribution in [2.45, 2.75) is 38.3 Å². The maximum Gasteiger partial charge on any atom is 0.291 e. The monoisotopic (exact) mass is 281 g/mol. The number of carbonyl (C=O) groups excluding carboxylic acids is 2. The normalized spacial score (nSPS) is 22.8. The molecule has 2 heterocycles. The summed E-state index contributed by atoms with van der Waals surface area (Å²) in [5, 5.41) is 6.71. The number of amides is 2. The number of nitrogens with zero attached hydrogens (tertiary/aromatic N) is 3. The van der Waals surface area contributed by atoms with Crippen molar-refractivity contribution in [1.29, 1.82) is 0 Å². The Kier molecular flexibility index (Phi) is 3.51. The number of primary amides is 1. The van der Waals surface area contributed by atoms with E-state index >= 15 is 0 Å². The van der Waals surface area contributed by atoms with Crippen molar-refractivity contribution in [3.63, 3.8) is 0 Å². The van der Waals surface area contributed by atoms with E-state index in [1.54, 1.807) is 4.68 Å².